The van der Waals surface area contributed by atoms with Crippen LogP contribution in [0.5, 0.6) is 0 Å². The number of allylic oxidation sites excluding steroid dienone is 1. The molecule has 0 radical (unpaired) electrons. The second-order valence-corrected chi connectivity index (χ2v) is 5.39. The Balaban J connectivity index is 1.93. The van der Waals surface area contributed by atoms with Crippen molar-refractivity contribution in [2.24, 2.45) is 5.92 Å². The van der Waals surface area contributed by atoms with E-state index in [4.69, 9.17) is 0 Å². The van der Waals surface area contributed by atoms with E-state index in [1.807, 2.05) is 4.90 Å². The van der Waals surface area contributed by atoms with Crippen LogP contribution in [-0.4, -0.2) is 35.1 Å². The van der Waals surface area contributed by atoms with E-state index in [9.17, 15) is 9.90 Å². The molecule has 96 valence electrons. The van der Waals surface area contributed by atoms with E-state index >= 15 is 0 Å². The van der Waals surface area contributed by atoms with Crippen LogP contribution in [0.15, 0.2) is 11.6 Å². The molecule has 1 aliphatic carbocycles. The van der Waals surface area contributed by atoms with Gasteiger partial charge in [-0.2, -0.15) is 0 Å². The van der Waals surface area contributed by atoms with Crippen LogP contribution < -0.4 is 0 Å². The lowest BCUT2D eigenvalue weighted by Crippen LogP contribution is -2.39. The van der Waals surface area contributed by atoms with Gasteiger partial charge in [-0.1, -0.05) is 18.6 Å². The molecule has 2 rings (SSSR count). The fourth-order valence-corrected chi connectivity index (χ4v) is 2.96. The Morgan fingerprint density at radius 2 is 2.35 bits per heavy atom. The largest absolute Gasteiger partial charge is 0.394 e. The van der Waals surface area contributed by atoms with Crippen LogP contribution >= 0.6 is 0 Å². The molecule has 1 saturated heterocycles. The maximum Gasteiger partial charge on any atom is 0.226 e. The summed E-state index contributed by atoms with van der Waals surface area (Å²) < 4.78 is 0. The van der Waals surface area contributed by atoms with Crippen molar-refractivity contribution in [3.63, 3.8) is 0 Å². The van der Waals surface area contributed by atoms with Gasteiger partial charge < -0.3 is 10.0 Å². The van der Waals surface area contributed by atoms with Gasteiger partial charge in [0.25, 0.3) is 0 Å². The molecular formula is C14H23NO2. The SMILES string of the molecule is CC1CCN(C(=O)CC2=CCCCC2)C1CO. The topological polar surface area (TPSA) is 40.5 Å². The molecule has 3 heteroatoms. The van der Waals surface area contributed by atoms with Crippen LogP contribution in [-0.2, 0) is 4.79 Å². The number of aliphatic hydroxyl groups is 1. The third-order valence-corrected chi connectivity index (χ3v) is 4.15. The van der Waals surface area contributed by atoms with Gasteiger partial charge >= 0.3 is 0 Å². The first-order valence-electron chi connectivity index (χ1n) is 6.80. The molecule has 0 saturated carbocycles. The summed E-state index contributed by atoms with van der Waals surface area (Å²) in [6, 6.07) is 0.0479. The third-order valence-electron chi connectivity index (χ3n) is 4.15. The molecule has 0 aromatic carbocycles. The summed E-state index contributed by atoms with van der Waals surface area (Å²) >= 11 is 0. The highest BCUT2D eigenvalue weighted by atomic mass is 16.3. The Morgan fingerprint density at radius 3 is 3.00 bits per heavy atom. The maximum atomic E-state index is 12.2. The molecule has 0 aromatic heterocycles. The quantitative estimate of drug-likeness (QED) is 0.764. The van der Waals surface area contributed by atoms with E-state index in [2.05, 4.69) is 13.0 Å². The van der Waals surface area contributed by atoms with Crippen LogP contribution in [0.2, 0.25) is 0 Å². The zero-order valence-electron chi connectivity index (χ0n) is 10.7. The number of aliphatic hydroxyl groups excluding tert-OH is 1. The summed E-state index contributed by atoms with van der Waals surface area (Å²) in [7, 11) is 0. The Labute approximate surface area is 103 Å². The van der Waals surface area contributed by atoms with Gasteiger partial charge in [0, 0.05) is 13.0 Å². The highest BCUT2D eigenvalue weighted by Crippen LogP contribution is 2.27. The molecule has 0 aromatic rings. The van der Waals surface area contributed by atoms with Gasteiger partial charge in [-0.05, 0) is 38.0 Å². The fourth-order valence-electron chi connectivity index (χ4n) is 2.96. The number of carbonyl (C=O) groups is 1. The number of carbonyl (C=O) groups excluding carboxylic acids is 1. The van der Waals surface area contributed by atoms with Gasteiger partial charge in [0.05, 0.1) is 12.6 Å². The van der Waals surface area contributed by atoms with Crippen LogP contribution in [0, 0.1) is 5.92 Å². The first-order chi connectivity index (χ1) is 8.22. The molecular weight excluding hydrogens is 214 g/mol. The lowest BCUT2D eigenvalue weighted by Gasteiger charge is -2.26. The van der Waals surface area contributed by atoms with E-state index in [1.165, 1.54) is 18.4 Å². The Kier molecular flexibility index (Phi) is 4.21. The minimum atomic E-state index is 0.0479. The molecule has 1 aliphatic heterocycles. The summed E-state index contributed by atoms with van der Waals surface area (Å²) in [6.07, 6.45) is 8.52. The van der Waals surface area contributed by atoms with Crippen LogP contribution in [0.3, 0.4) is 0 Å². The second kappa shape index (κ2) is 5.67. The minimum Gasteiger partial charge on any atom is -0.394 e. The van der Waals surface area contributed by atoms with E-state index in [1.54, 1.807) is 0 Å². The second-order valence-electron chi connectivity index (χ2n) is 5.39. The molecule has 2 aliphatic rings. The first kappa shape index (κ1) is 12.6. The fraction of sp³-hybridized carbons (Fsp3) is 0.786. The summed E-state index contributed by atoms with van der Waals surface area (Å²) in [5.41, 5.74) is 1.30. The molecule has 1 N–H and O–H groups in total. The highest BCUT2D eigenvalue weighted by molar-refractivity contribution is 5.79. The average molecular weight is 237 g/mol. The van der Waals surface area contributed by atoms with Crippen LogP contribution in [0.1, 0.15) is 45.4 Å². The summed E-state index contributed by atoms with van der Waals surface area (Å²) in [5.74, 6) is 0.644. The molecule has 0 spiro atoms. The zero-order chi connectivity index (χ0) is 12.3. The molecule has 0 bridgehead atoms. The summed E-state index contributed by atoms with van der Waals surface area (Å²) in [6.45, 7) is 3.04. The predicted molar refractivity (Wildman–Crippen MR) is 67.5 cm³/mol. The van der Waals surface area contributed by atoms with Gasteiger partial charge in [0.1, 0.15) is 0 Å². The summed E-state index contributed by atoms with van der Waals surface area (Å²) in [5, 5.41) is 9.35. The van der Waals surface area contributed by atoms with Crippen LogP contribution in [0.4, 0.5) is 0 Å². The van der Waals surface area contributed by atoms with Crippen molar-refractivity contribution in [3.8, 4) is 0 Å². The van der Waals surface area contributed by atoms with Crippen molar-refractivity contribution in [1.82, 2.24) is 4.90 Å². The molecule has 1 amide bonds. The zero-order valence-corrected chi connectivity index (χ0v) is 10.7. The summed E-state index contributed by atoms with van der Waals surface area (Å²) in [4.78, 5) is 14.1. The number of hydrogen-bond donors (Lipinski definition) is 1. The van der Waals surface area contributed by atoms with E-state index in [0.29, 0.717) is 12.3 Å². The average Bonchev–Trinajstić information content (AvgIpc) is 2.71. The van der Waals surface area contributed by atoms with Crippen LogP contribution in [0.25, 0.3) is 0 Å². The van der Waals surface area contributed by atoms with E-state index in [0.717, 1.165) is 25.8 Å². The normalized spacial score (nSPS) is 29.3. The molecule has 1 fully saturated rings. The number of hydrogen-bond acceptors (Lipinski definition) is 2. The monoisotopic (exact) mass is 237 g/mol. The third kappa shape index (κ3) is 2.89. The lowest BCUT2D eigenvalue weighted by molar-refractivity contribution is -0.132. The smallest absolute Gasteiger partial charge is 0.226 e. The van der Waals surface area contributed by atoms with Crippen molar-refractivity contribution in [2.75, 3.05) is 13.2 Å². The number of amides is 1. The van der Waals surface area contributed by atoms with Crippen molar-refractivity contribution < 1.29 is 9.90 Å². The van der Waals surface area contributed by atoms with E-state index < -0.39 is 0 Å². The minimum absolute atomic E-state index is 0.0479. The van der Waals surface area contributed by atoms with Gasteiger partial charge in [-0.3, -0.25) is 4.79 Å². The molecule has 1 heterocycles. The molecule has 3 nitrogen and oxygen atoms in total. The van der Waals surface area contributed by atoms with Crippen molar-refractivity contribution in [1.29, 1.82) is 0 Å². The molecule has 2 unspecified atom stereocenters. The van der Waals surface area contributed by atoms with Gasteiger partial charge in [0.2, 0.25) is 5.91 Å². The van der Waals surface area contributed by atoms with E-state index in [-0.39, 0.29) is 18.6 Å². The molecule has 2 atom stereocenters. The van der Waals surface area contributed by atoms with Crippen molar-refractivity contribution in [2.45, 2.75) is 51.5 Å². The number of nitrogens with zero attached hydrogens (tertiary/aromatic N) is 1. The van der Waals surface area contributed by atoms with Gasteiger partial charge in [-0.25, -0.2) is 0 Å². The lowest BCUT2D eigenvalue weighted by atomic mass is 9.96. The first-order valence-corrected chi connectivity index (χ1v) is 6.80. The highest BCUT2D eigenvalue weighted by Gasteiger charge is 2.33. The number of rotatable bonds is 3. The van der Waals surface area contributed by atoms with Gasteiger partial charge in [-0.15, -0.1) is 0 Å². The predicted octanol–water partition coefficient (Wildman–Crippen LogP) is 2.11. The maximum absolute atomic E-state index is 12.2. The number of likely N-dealkylation sites (tertiary alicyclic amines) is 1. The van der Waals surface area contributed by atoms with Gasteiger partial charge in [0.15, 0.2) is 0 Å². The molecule has 17 heavy (non-hydrogen) atoms. The Bertz CT molecular complexity index is 311. The Hall–Kier alpha value is -0.830. The van der Waals surface area contributed by atoms with Crippen molar-refractivity contribution in [3.05, 3.63) is 11.6 Å². The standard InChI is InChI=1S/C14H23NO2/c1-11-7-8-15(13(11)10-16)14(17)9-12-5-3-2-4-6-12/h5,11,13,16H,2-4,6-10H2,1H3. The van der Waals surface area contributed by atoms with Crippen molar-refractivity contribution >= 4 is 5.91 Å². The Morgan fingerprint density at radius 1 is 1.53 bits per heavy atom.